The molecule has 0 N–H and O–H groups in total. The third-order valence-corrected chi connectivity index (χ3v) is 6.84. The first-order valence-electron chi connectivity index (χ1n) is 14.6. The Balaban J connectivity index is 0.000000662. The van der Waals surface area contributed by atoms with Crippen LogP contribution in [0.1, 0.15) is 0 Å². The quantitative estimate of drug-likeness (QED) is 0.0765. The van der Waals surface area contributed by atoms with Gasteiger partial charge in [0.05, 0.1) is 41.4 Å². The van der Waals surface area contributed by atoms with Crippen LogP contribution in [0, 0.1) is 0 Å². The third-order valence-electron chi connectivity index (χ3n) is 5.36. The van der Waals surface area contributed by atoms with Gasteiger partial charge >= 0.3 is 85.5 Å². The maximum absolute atomic E-state index is 10.7. The van der Waals surface area contributed by atoms with E-state index in [1.165, 1.54) is 16.2 Å². The molecule has 23 heteroatoms. The summed E-state index contributed by atoms with van der Waals surface area (Å²) in [6.07, 6.45) is 8.94. The number of nitrogens with zero attached hydrogens (tertiary/aromatic N) is 5. The van der Waals surface area contributed by atoms with Gasteiger partial charge in [-0.1, -0.05) is 42.5 Å². The van der Waals surface area contributed by atoms with E-state index >= 15 is 0 Å². The summed E-state index contributed by atoms with van der Waals surface area (Å²) in [6, 6.07) is 33.7. The summed E-state index contributed by atoms with van der Waals surface area (Å²) in [5, 5.41) is 2.88. The first kappa shape index (κ1) is 51.9. The summed E-state index contributed by atoms with van der Waals surface area (Å²) < 4.78 is 118. The van der Waals surface area contributed by atoms with Crippen LogP contribution in [0.2, 0.25) is 0 Å². The van der Waals surface area contributed by atoms with Crippen molar-refractivity contribution in [3.63, 3.8) is 0 Å². The van der Waals surface area contributed by atoms with Crippen LogP contribution in [0.5, 0.6) is 0 Å². The Morgan fingerprint density at radius 2 is 0.709 bits per heavy atom. The monoisotopic (exact) mass is 978 g/mol. The van der Waals surface area contributed by atoms with Gasteiger partial charge in [0.15, 0.2) is 0 Å². The zero-order valence-electron chi connectivity index (χ0n) is 28.2. The average Bonchev–Trinajstić information content (AvgIpc) is 3.08. The second-order valence-electron chi connectivity index (χ2n) is 10.3. The number of aromatic nitrogens is 5. The molecule has 0 saturated carbocycles. The molecular formula is C32H31Cl2F12N5P3Ru+. The van der Waals surface area contributed by atoms with Gasteiger partial charge in [-0.25, -0.2) is 0 Å². The van der Waals surface area contributed by atoms with Crippen molar-refractivity contribution in [2.45, 2.75) is 0 Å². The number of halogens is 14. The van der Waals surface area contributed by atoms with E-state index in [-0.39, 0.29) is 24.8 Å². The van der Waals surface area contributed by atoms with Crippen molar-refractivity contribution in [1.82, 2.24) is 24.9 Å². The first-order chi connectivity index (χ1) is 24.5. The Bertz CT molecular complexity index is 1770. The topological polar surface area (TPSA) is 64.5 Å². The molecule has 6 rings (SSSR count). The molecule has 0 spiro atoms. The van der Waals surface area contributed by atoms with Gasteiger partial charge in [0.25, 0.3) is 0 Å². The van der Waals surface area contributed by atoms with E-state index in [4.69, 9.17) is 23.2 Å². The Labute approximate surface area is 332 Å². The van der Waals surface area contributed by atoms with Crippen molar-refractivity contribution < 1.29 is 69.8 Å². The second-order valence-corrected chi connectivity index (χ2v) is 17.4. The predicted octanol–water partition coefficient (Wildman–Crippen LogP) is 14.8. The smallest absolute Gasteiger partial charge is 0.255 e. The minimum absolute atomic E-state index is 0. The average molecular weight is 979 g/mol. The van der Waals surface area contributed by atoms with Gasteiger partial charge in [-0.2, -0.15) is 0 Å². The van der Waals surface area contributed by atoms with E-state index in [1.807, 2.05) is 85.1 Å². The van der Waals surface area contributed by atoms with Crippen molar-refractivity contribution >= 4 is 62.9 Å². The van der Waals surface area contributed by atoms with Crippen LogP contribution in [0.4, 0.5) is 50.4 Å². The molecule has 0 radical (unpaired) electrons. The molecule has 55 heavy (non-hydrogen) atoms. The molecule has 0 saturated heterocycles. The van der Waals surface area contributed by atoms with Crippen LogP contribution in [0.25, 0.3) is 33.7 Å². The van der Waals surface area contributed by atoms with E-state index in [0.717, 1.165) is 22.8 Å². The van der Waals surface area contributed by atoms with Crippen LogP contribution >= 0.6 is 46.7 Å². The van der Waals surface area contributed by atoms with Crippen molar-refractivity contribution in [1.29, 1.82) is 0 Å². The number of rotatable bonds is 3. The summed E-state index contributed by atoms with van der Waals surface area (Å²) in [4.78, 5) is 21.2. The van der Waals surface area contributed by atoms with Gasteiger partial charge in [0.2, 0.25) is 0 Å². The minimum atomic E-state index is -10.7. The summed E-state index contributed by atoms with van der Waals surface area (Å²) in [5.41, 5.74) is 4.84. The van der Waals surface area contributed by atoms with E-state index in [9.17, 15) is 50.4 Å². The number of hydrogen-bond acceptors (Lipinski definition) is 5. The zero-order chi connectivity index (χ0) is 41.2. The molecule has 1 aromatic carbocycles. The Hall–Kier alpha value is -3.12. The summed E-state index contributed by atoms with van der Waals surface area (Å²) in [6.45, 7) is 4.60. The SMILES string of the molecule is C[PH+](C)c1cccc2cccnc12.ClCCl.F[P-](F)(F)(F)(F)F.F[P-](F)(F)(F)(F)F.[Ru+2].c1ccc(-c2ccccn2)nc1.c1ccc(-c2ccccn2)nc1. The van der Waals surface area contributed by atoms with Gasteiger partial charge in [-0.15, -0.1) is 23.2 Å². The predicted molar refractivity (Wildman–Crippen MR) is 200 cm³/mol. The molecule has 0 unspecified atom stereocenters. The molecule has 6 aromatic rings. The van der Waals surface area contributed by atoms with Crippen molar-refractivity contribution in [3.8, 4) is 22.8 Å². The number of benzene rings is 1. The molecule has 0 amide bonds. The standard InChI is InChI=1S/C11H12NP.2C10H8N2.CH2Cl2.2F6P.Ru/c1-13(2)10-7-3-5-9-6-4-8-12-11(9)10;2*1-3-7-11-9(5-1)10-6-2-4-8-12-10;2-1-3;2*1-7(2,3,4,5)6;/h3-8H,1-2H3;2*1-8H;1H2;;;/q;;;;2*-1;+2/p+1. The van der Waals surface area contributed by atoms with E-state index in [1.54, 1.807) is 24.8 Å². The van der Waals surface area contributed by atoms with E-state index in [0.29, 0.717) is 0 Å². The number of para-hydroxylation sites is 1. The van der Waals surface area contributed by atoms with Crippen LogP contribution in [0.15, 0.2) is 134 Å². The van der Waals surface area contributed by atoms with E-state index < -0.39 is 23.5 Å². The number of hydrogen-bond donors (Lipinski definition) is 0. The van der Waals surface area contributed by atoms with Gasteiger partial charge in [0.1, 0.15) is 10.8 Å². The van der Waals surface area contributed by atoms with Crippen molar-refractivity contribution in [2.75, 3.05) is 18.7 Å². The van der Waals surface area contributed by atoms with Crippen LogP contribution in [-0.4, -0.2) is 43.6 Å². The first-order valence-corrected chi connectivity index (χ1v) is 22.2. The Morgan fingerprint density at radius 1 is 0.436 bits per heavy atom. The third kappa shape index (κ3) is 31.8. The van der Waals surface area contributed by atoms with Gasteiger partial charge in [-0.05, 0) is 60.7 Å². The second kappa shape index (κ2) is 20.3. The van der Waals surface area contributed by atoms with Crippen LogP contribution < -0.4 is 5.30 Å². The number of alkyl halides is 2. The van der Waals surface area contributed by atoms with Crippen LogP contribution in [-0.2, 0) is 19.5 Å². The van der Waals surface area contributed by atoms with Crippen LogP contribution in [0.3, 0.4) is 0 Å². The molecule has 0 aliphatic carbocycles. The molecule has 0 aliphatic heterocycles. The fraction of sp³-hybridized carbons (Fsp3) is 0.0938. The van der Waals surface area contributed by atoms with Crippen molar-refractivity contribution in [2.24, 2.45) is 0 Å². The number of pyridine rings is 5. The zero-order valence-corrected chi connectivity index (χ0v) is 34.2. The summed E-state index contributed by atoms with van der Waals surface area (Å²) in [5.74, 6) is 0. The molecule has 5 aromatic heterocycles. The molecule has 0 fully saturated rings. The largest absolute Gasteiger partial charge is 2.00 e. The maximum atomic E-state index is 9.87. The Morgan fingerprint density at radius 3 is 0.964 bits per heavy atom. The molecule has 0 aliphatic rings. The van der Waals surface area contributed by atoms with Gasteiger partial charge in [-0.3, -0.25) is 24.9 Å². The van der Waals surface area contributed by atoms with E-state index in [2.05, 4.69) is 62.5 Å². The van der Waals surface area contributed by atoms with Gasteiger partial charge in [0, 0.05) is 44.3 Å². The fourth-order valence-corrected chi connectivity index (χ4v) is 4.68. The Kier molecular flexibility index (Phi) is 19.2. The number of fused-ring (bicyclic) bond motifs is 1. The molecular weight excluding hydrogens is 947 g/mol. The molecule has 0 bridgehead atoms. The van der Waals surface area contributed by atoms with Gasteiger partial charge < -0.3 is 0 Å². The van der Waals surface area contributed by atoms with Crippen molar-refractivity contribution in [3.05, 3.63) is 134 Å². The maximum Gasteiger partial charge on any atom is 2.00 e. The fourth-order valence-electron chi connectivity index (χ4n) is 3.56. The molecule has 0 atom stereocenters. The molecule has 5 nitrogen and oxygen atoms in total. The minimum Gasteiger partial charge on any atom is -0.255 e. The molecule has 5 heterocycles. The summed E-state index contributed by atoms with van der Waals surface area (Å²) in [7, 11) is -21.7. The normalized spacial score (nSPS) is 13.0. The molecule has 304 valence electrons. The summed E-state index contributed by atoms with van der Waals surface area (Å²) >= 11 is 9.53.